The molecule has 98 valence electrons. The molecule has 0 saturated carbocycles. The number of anilines is 2. The number of nitrogens with two attached hydrogens (primary N) is 1. The normalized spacial score (nSPS) is 18.6. The number of carbonyl (C=O) groups excluding carboxylic acids is 1. The van der Waals surface area contributed by atoms with Crippen molar-refractivity contribution in [2.75, 3.05) is 31.3 Å². The van der Waals surface area contributed by atoms with Crippen LogP contribution in [0.4, 0.5) is 11.5 Å². The van der Waals surface area contributed by atoms with Crippen LogP contribution in [0.15, 0.2) is 12.3 Å². The van der Waals surface area contributed by atoms with E-state index in [0.29, 0.717) is 23.6 Å². The summed E-state index contributed by atoms with van der Waals surface area (Å²) in [7, 11) is 1.32. The highest BCUT2D eigenvalue weighted by molar-refractivity contribution is 5.97. The highest BCUT2D eigenvalue weighted by atomic mass is 16.5. The fraction of sp³-hybridized carbons (Fsp3) is 0.500. The monoisotopic (exact) mass is 251 g/mol. The molecule has 1 atom stereocenters. The smallest absolute Gasteiger partial charge is 0.340 e. The summed E-state index contributed by atoms with van der Waals surface area (Å²) < 4.78 is 10.1. The Bertz CT molecular complexity index is 431. The third-order valence-electron chi connectivity index (χ3n) is 2.92. The van der Waals surface area contributed by atoms with Crippen LogP contribution < -0.4 is 11.1 Å². The van der Waals surface area contributed by atoms with Gasteiger partial charge in [0.2, 0.25) is 0 Å². The van der Waals surface area contributed by atoms with Crippen LogP contribution in [0.3, 0.4) is 0 Å². The molecule has 0 aliphatic carbocycles. The van der Waals surface area contributed by atoms with Gasteiger partial charge < -0.3 is 20.5 Å². The lowest BCUT2D eigenvalue weighted by atomic mass is 10.2. The lowest BCUT2D eigenvalue weighted by Crippen LogP contribution is -2.20. The first-order chi connectivity index (χ1) is 8.72. The van der Waals surface area contributed by atoms with E-state index in [4.69, 9.17) is 10.5 Å². The van der Waals surface area contributed by atoms with Crippen LogP contribution >= 0.6 is 0 Å². The van der Waals surface area contributed by atoms with Gasteiger partial charge in [-0.1, -0.05) is 0 Å². The molecule has 1 aromatic rings. The van der Waals surface area contributed by atoms with Crippen molar-refractivity contribution in [3.05, 3.63) is 17.8 Å². The summed E-state index contributed by atoms with van der Waals surface area (Å²) >= 11 is 0. The summed E-state index contributed by atoms with van der Waals surface area (Å²) in [6, 6.07) is 1.54. The molecule has 0 radical (unpaired) electrons. The zero-order valence-electron chi connectivity index (χ0n) is 10.3. The van der Waals surface area contributed by atoms with Gasteiger partial charge in [-0.2, -0.15) is 0 Å². The lowest BCUT2D eigenvalue weighted by Gasteiger charge is -2.13. The third-order valence-corrected chi connectivity index (χ3v) is 2.92. The molecule has 1 aromatic heterocycles. The van der Waals surface area contributed by atoms with Crippen molar-refractivity contribution in [3.8, 4) is 0 Å². The maximum absolute atomic E-state index is 11.5. The van der Waals surface area contributed by atoms with E-state index in [1.807, 2.05) is 0 Å². The SMILES string of the molecule is COC(=O)c1ccnc(NCC2CCCO2)c1N. The molecule has 6 heteroatoms. The van der Waals surface area contributed by atoms with Gasteiger partial charge in [0.25, 0.3) is 0 Å². The van der Waals surface area contributed by atoms with Gasteiger partial charge in [-0.3, -0.25) is 0 Å². The first kappa shape index (κ1) is 12.6. The second-order valence-electron chi connectivity index (χ2n) is 4.13. The summed E-state index contributed by atoms with van der Waals surface area (Å²) in [5.41, 5.74) is 6.51. The molecular weight excluding hydrogens is 234 g/mol. The van der Waals surface area contributed by atoms with E-state index in [9.17, 15) is 4.79 Å². The lowest BCUT2D eigenvalue weighted by molar-refractivity contribution is 0.0602. The Kier molecular flexibility index (Phi) is 3.99. The van der Waals surface area contributed by atoms with Crippen molar-refractivity contribution < 1.29 is 14.3 Å². The number of methoxy groups -OCH3 is 1. The summed E-state index contributed by atoms with van der Waals surface area (Å²) in [5.74, 6) is 0.0310. The standard InChI is InChI=1S/C12H17N3O3/c1-17-12(16)9-4-5-14-11(10(9)13)15-7-8-3-2-6-18-8/h4-5,8H,2-3,6-7,13H2,1H3,(H,14,15). The molecule has 2 heterocycles. The van der Waals surface area contributed by atoms with Gasteiger partial charge in [-0.25, -0.2) is 9.78 Å². The molecule has 6 nitrogen and oxygen atoms in total. The minimum atomic E-state index is -0.463. The fourth-order valence-corrected chi connectivity index (χ4v) is 1.92. The van der Waals surface area contributed by atoms with Gasteiger partial charge in [-0.15, -0.1) is 0 Å². The topological polar surface area (TPSA) is 86.5 Å². The zero-order chi connectivity index (χ0) is 13.0. The summed E-state index contributed by atoms with van der Waals surface area (Å²) in [6.07, 6.45) is 3.83. The minimum Gasteiger partial charge on any atom is -0.465 e. The van der Waals surface area contributed by atoms with Crippen molar-refractivity contribution in [2.45, 2.75) is 18.9 Å². The van der Waals surface area contributed by atoms with Crippen LogP contribution in [0.5, 0.6) is 0 Å². The van der Waals surface area contributed by atoms with Crippen LogP contribution in [0.1, 0.15) is 23.2 Å². The van der Waals surface area contributed by atoms with Crippen molar-refractivity contribution in [1.29, 1.82) is 0 Å². The second kappa shape index (κ2) is 5.68. The summed E-state index contributed by atoms with van der Waals surface area (Å²) in [6.45, 7) is 1.44. The Morgan fingerprint density at radius 3 is 3.22 bits per heavy atom. The first-order valence-corrected chi connectivity index (χ1v) is 5.90. The third kappa shape index (κ3) is 2.70. The molecule has 0 amide bonds. The van der Waals surface area contributed by atoms with E-state index >= 15 is 0 Å². The number of nitrogen functional groups attached to an aromatic ring is 1. The van der Waals surface area contributed by atoms with E-state index in [0.717, 1.165) is 19.4 Å². The van der Waals surface area contributed by atoms with Crippen LogP contribution in [-0.2, 0) is 9.47 Å². The molecule has 1 aliphatic rings. The van der Waals surface area contributed by atoms with Gasteiger partial charge in [-0.05, 0) is 18.9 Å². The average Bonchev–Trinajstić information content (AvgIpc) is 2.90. The first-order valence-electron chi connectivity index (χ1n) is 5.90. The van der Waals surface area contributed by atoms with E-state index in [2.05, 4.69) is 15.0 Å². The van der Waals surface area contributed by atoms with Crippen molar-refractivity contribution in [1.82, 2.24) is 4.98 Å². The number of carbonyl (C=O) groups is 1. The minimum absolute atomic E-state index is 0.188. The Labute approximate surface area is 105 Å². The highest BCUT2D eigenvalue weighted by Gasteiger charge is 2.17. The Balaban J connectivity index is 2.05. The number of aromatic nitrogens is 1. The Morgan fingerprint density at radius 1 is 1.72 bits per heavy atom. The summed E-state index contributed by atoms with van der Waals surface area (Å²) in [5, 5.41) is 3.11. The zero-order valence-corrected chi connectivity index (χ0v) is 10.3. The van der Waals surface area contributed by atoms with Gasteiger partial charge in [0, 0.05) is 19.3 Å². The number of hydrogen-bond acceptors (Lipinski definition) is 6. The molecule has 0 spiro atoms. The Hall–Kier alpha value is -1.82. The van der Waals surface area contributed by atoms with E-state index in [-0.39, 0.29) is 6.10 Å². The number of pyridine rings is 1. The molecule has 0 bridgehead atoms. The Morgan fingerprint density at radius 2 is 2.56 bits per heavy atom. The van der Waals surface area contributed by atoms with Crippen LogP contribution in [-0.4, -0.2) is 37.3 Å². The van der Waals surface area contributed by atoms with Gasteiger partial charge in [0.15, 0.2) is 0 Å². The molecular formula is C12H17N3O3. The van der Waals surface area contributed by atoms with Crippen molar-refractivity contribution >= 4 is 17.5 Å². The van der Waals surface area contributed by atoms with Crippen LogP contribution in [0.25, 0.3) is 0 Å². The average molecular weight is 251 g/mol. The van der Waals surface area contributed by atoms with Crippen molar-refractivity contribution in [3.63, 3.8) is 0 Å². The number of rotatable bonds is 4. The summed E-state index contributed by atoms with van der Waals surface area (Å²) in [4.78, 5) is 15.6. The van der Waals surface area contributed by atoms with E-state index in [1.54, 1.807) is 6.07 Å². The van der Waals surface area contributed by atoms with Gasteiger partial charge in [0.05, 0.1) is 24.5 Å². The highest BCUT2D eigenvalue weighted by Crippen LogP contribution is 2.21. The number of nitrogens with one attached hydrogen (secondary N) is 1. The predicted molar refractivity (Wildman–Crippen MR) is 67.5 cm³/mol. The number of esters is 1. The quantitative estimate of drug-likeness (QED) is 0.778. The number of hydrogen-bond donors (Lipinski definition) is 2. The van der Waals surface area contributed by atoms with E-state index < -0.39 is 5.97 Å². The maximum atomic E-state index is 11.5. The molecule has 1 saturated heterocycles. The molecule has 2 rings (SSSR count). The number of nitrogens with zero attached hydrogens (tertiary/aromatic N) is 1. The van der Waals surface area contributed by atoms with Crippen LogP contribution in [0.2, 0.25) is 0 Å². The molecule has 1 fully saturated rings. The van der Waals surface area contributed by atoms with Gasteiger partial charge >= 0.3 is 5.97 Å². The molecule has 18 heavy (non-hydrogen) atoms. The fourth-order valence-electron chi connectivity index (χ4n) is 1.92. The predicted octanol–water partition coefficient (Wildman–Crippen LogP) is 1.04. The molecule has 0 aromatic carbocycles. The largest absolute Gasteiger partial charge is 0.465 e. The van der Waals surface area contributed by atoms with E-state index in [1.165, 1.54) is 13.3 Å². The van der Waals surface area contributed by atoms with Crippen molar-refractivity contribution in [2.24, 2.45) is 0 Å². The number of ether oxygens (including phenoxy) is 2. The second-order valence-corrected chi connectivity index (χ2v) is 4.13. The molecule has 3 N–H and O–H groups in total. The molecule has 1 aliphatic heterocycles. The molecule has 1 unspecified atom stereocenters. The van der Waals surface area contributed by atoms with Gasteiger partial charge in [0.1, 0.15) is 5.82 Å². The van der Waals surface area contributed by atoms with Crippen LogP contribution in [0, 0.1) is 0 Å². The maximum Gasteiger partial charge on any atom is 0.340 e.